The van der Waals surface area contributed by atoms with Crippen LogP contribution in [0.1, 0.15) is 5.56 Å². The lowest BCUT2D eigenvalue weighted by molar-refractivity contribution is 0.586. The van der Waals surface area contributed by atoms with Crippen molar-refractivity contribution in [3.63, 3.8) is 0 Å². The van der Waals surface area contributed by atoms with E-state index in [1.54, 1.807) is 6.92 Å². The van der Waals surface area contributed by atoms with E-state index in [9.17, 15) is 8.78 Å². The van der Waals surface area contributed by atoms with Crippen LogP contribution in [0.3, 0.4) is 0 Å². The Kier molecular flexibility index (Phi) is 3.77. The third-order valence-corrected chi connectivity index (χ3v) is 2.65. The van der Waals surface area contributed by atoms with Crippen LogP contribution in [0.4, 0.5) is 26.2 Å². The first kappa shape index (κ1) is 13.4. The number of rotatable bonds is 3. The van der Waals surface area contributed by atoms with Gasteiger partial charge in [-0.3, -0.25) is 5.43 Å². The summed E-state index contributed by atoms with van der Waals surface area (Å²) in [6.07, 6.45) is 1.50. The second-order valence-electron chi connectivity index (χ2n) is 3.74. The zero-order valence-corrected chi connectivity index (χ0v) is 10.6. The highest BCUT2D eigenvalue weighted by molar-refractivity contribution is 6.33. The van der Waals surface area contributed by atoms with Gasteiger partial charge in [0.25, 0.3) is 0 Å². The van der Waals surface area contributed by atoms with E-state index < -0.39 is 11.6 Å². The van der Waals surface area contributed by atoms with Crippen LogP contribution in [0.25, 0.3) is 0 Å². The molecule has 100 valence electrons. The van der Waals surface area contributed by atoms with Crippen LogP contribution in [0, 0.1) is 18.6 Å². The van der Waals surface area contributed by atoms with E-state index in [4.69, 9.17) is 17.4 Å². The van der Waals surface area contributed by atoms with Gasteiger partial charge in [-0.2, -0.15) is 4.98 Å². The molecule has 1 heterocycles. The number of hydrogen-bond donors (Lipinski definition) is 3. The second kappa shape index (κ2) is 5.33. The normalized spacial score (nSPS) is 10.4. The predicted molar refractivity (Wildman–Crippen MR) is 69.2 cm³/mol. The summed E-state index contributed by atoms with van der Waals surface area (Å²) in [4.78, 5) is 7.90. The number of benzene rings is 1. The molecular weight excluding hydrogens is 276 g/mol. The van der Waals surface area contributed by atoms with Gasteiger partial charge in [-0.05, 0) is 13.0 Å². The van der Waals surface area contributed by atoms with E-state index in [-0.39, 0.29) is 16.7 Å². The quantitative estimate of drug-likeness (QED) is 0.597. The largest absolute Gasteiger partial charge is 0.336 e. The molecule has 0 bridgehead atoms. The number of hydrogen-bond acceptors (Lipinski definition) is 5. The molecular formula is C11H10ClF2N5. The van der Waals surface area contributed by atoms with Gasteiger partial charge in [-0.15, -0.1) is 0 Å². The summed E-state index contributed by atoms with van der Waals surface area (Å²) >= 11 is 5.78. The SMILES string of the molecule is Cc1cnc(NN)nc1Nc1c(F)cc(F)cc1Cl. The molecule has 5 nitrogen and oxygen atoms in total. The van der Waals surface area contributed by atoms with E-state index in [1.165, 1.54) is 6.20 Å². The highest BCUT2D eigenvalue weighted by Crippen LogP contribution is 2.29. The summed E-state index contributed by atoms with van der Waals surface area (Å²) in [5.74, 6) is 4.10. The maximum atomic E-state index is 13.6. The van der Waals surface area contributed by atoms with Gasteiger partial charge >= 0.3 is 0 Å². The molecule has 0 saturated heterocycles. The van der Waals surface area contributed by atoms with Gasteiger partial charge in [-0.25, -0.2) is 19.6 Å². The highest BCUT2D eigenvalue weighted by Gasteiger charge is 2.12. The van der Waals surface area contributed by atoms with Gasteiger partial charge in [0.05, 0.1) is 10.7 Å². The topological polar surface area (TPSA) is 75.9 Å². The molecule has 0 radical (unpaired) electrons. The van der Waals surface area contributed by atoms with Crippen LogP contribution in [0.15, 0.2) is 18.3 Å². The average Bonchev–Trinajstić information content (AvgIpc) is 2.35. The Labute approximate surface area is 112 Å². The zero-order chi connectivity index (χ0) is 14.0. The summed E-state index contributed by atoms with van der Waals surface area (Å²) in [6, 6.07) is 1.73. The molecule has 19 heavy (non-hydrogen) atoms. The van der Waals surface area contributed by atoms with Gasteiger partial charge in [0.2, 0.25) is 5.95 Å². The van der Waals surface area contributed by atoms with Crippen LogP contribution in [0.5, 0.6) is 0 Å². The highest BCUT2D eigenvalue weighted by atomic mass is 35.5. The minimum atomic E-state index is -0.815. The third kappa shape index (κ3) is 2.88. The van der Waals surface area contributed by atoms with Crippen molar-refractivity contribution >= 4 is 29.1 Å². The molecule has 0 atom stereocenters. The van der Waals surface area contributed by atoms with Crippen LogP contribution in [-0.2, 0) is 0 Å². The Morgan fingerprint density at radius 1 is 1.32 bits per heavy atom. The summed E-state index contributed by atoms with van der Waals surface area (Å²) in [5.41, 5.74) is 2.86. The van der Waals surface area contributed by atoms with Crippen molar-refractivity contribution in [3.05, 3.63) is 40.6 Å². The number of nitrogen functional groups attached to an aromatic ring is 1. The Hall–Kier alpha value is -1.99. The van der Waals surface area contributed by atoms with Crippen LogP contribution >= 0.6 is 11.6 Å². The zero-order valence-electron chi connectivity index (χ0n) is 9.84. The number of anilines is 3. The fourth-order valence-electron chi connectivity index (χ4n) is 1.42. The van der Waals surface area contributed by atoms with Crippen LogP contribution in [-0.4, -0.2) is 9.97 Å². The summed E-state index contributed by atoms with van der Waals surface area (Å²) in [5, 5.41) is 2.61. The fraction of sp³-hybridized carbons (Fsp3) is 0.0909. The number of nitrogens with two attached hydrogens (primary N) is 1. The molecule has 0 spiro atoms. The monoisotopic (exact) mass is 285 g/mol. The molecule has 1 aromatic heterocycles. The Morgan fingerprint density at radius 3 is 2.68 bits per heavy atom. The molecule has 4 N–H and O–H groups in total. The standard InChI is InChI=1S/C11H10ClF2N5/c1-5-4-16-11(19-15)18-10(5)17-9-7(12)2-6(13)3-8(9)14/h2-4H,15H2,1H3,(H2,16,17,18,19). The molecule has 8 heteroatoms. The molecule has 0 fully saturated rings. The lowest BCUT2D eigenvalue weighted by atomic mass is 10.2. The average molecular weight is 286 g/mol. The first-order chi connectivity index (χ1) is 9.01. The molecule has 1 aromatic carbocycles. The van der Waals surface area contributed by atoms with Crippen molar-refractivity contribution in [3.8, 4) is 0 Å². The number of hydrazine groups is 1. The molecule has 0 aliphatic rings. The Bertz CT molecular complexity index is 597. The number of halogens is 3. The minimum absolute atomic E-state index is 0.0622. The minimum Gasteiger partial charge on any atom is -0.336 e. The fourth-order valence-corrected chi connectivity index (χ4v) is 1.66. The van der Waals surface area contributed by atoms with Gasteiger partial charge in [0, 0.05) is 17.8 Å². The van der Waals surface area contributed by atoms with Crippen molar-refractivity contribution in [2.24, 2.45) is 5.84 Å². The van der Waals surface area contributed by atoms with Crippen molar-refractivity contribution in [1.82, 2.24) is 9.97 Å². The van der Waals surface area contributed by atoms with Gasteiger partial charge < -0.3 is 5.32 Å². The second-order valence-corrected chi connectivity index (χ2v) is 4.15. The maximum Gasteiger partial charge on any atom is 0.239 e. The predicted octanol–water partition coefficient (Wildman–Crippen LogP) is 2.75. The maximum absolute atomic E-state index is 13.6. The molecule has 0 amide bonds. The van der Waals surface area contributed by atoms with Crippen molar-refractivity contribution in [1.29, 1.82) is 0 Å². The summed E-state index contributed by atoms with van der Waals surface area (Å²) in [7, 11) is 0. The van der Waals surface area contributed by atoms with Gasteiger partial charge in [0.1, 0.15) is 11.6 Å². The van der Waals surface area contributed by atoms with Crippen molar-refractivity contribution in [2.45, 2.75) is 6.92 Å². The number of nitrogens with one attached hydrogen (secondary N) is 2. The van der Waals surface area contributed by atoms with Crippen LogP contribution < -0.4 is 16.6 Å². The van der Waals surface area contributed by atoms with Crippen LogP contribution in [0.2, 0.25) is 5.02 Å². The Morgan fingerprint density at radius 2 is 2.05 bits per heavy atom. The number of nitrogens with zero attached hydrogens (tertiary/aromatic N) is 2. The first-order valence-corrected chi connectivity index (χ1v) is 5.61. The number of aromatic nitrogens is 2. The van der Waals surface area contributed by atoms with E-state index in [1.807, 2.05) is 0 Å². The number of aryl methyl sites for hydroxylation is 1. The molecule has 0 aliphatic carbocycles. The molecule has 0 unspecified atom stereocenters. The van der Waals surface area contributed by atoms with E-state index in [0.717, 1.165) is 12.1 Å². The molecule has 2 rings (SSSR count). The Balaban J connectivity index is 2.41. The summed E-state index contributed by atoms with van der Waals surface area (Å²) < 4.78 is 26.6. The summed E-state index contributed by atoms with van der Waals surface area (Å²) in [6.45, 7) is 1.72. The first-order valence-electron chi connectivity index (χ1n) is 5.23. The molecule has 0 saturated carbocycles. The lowest BCUT2D eigenvalue weighted by Crippen LogP contribution is -2.12. The molecule has 2 aromatic rings. The van der Waals surface area contributed by atoms with Crippen molar-refractivity contribution in [2.75, 3.05) is 10.7 Å². The lowest BCUT2D eigenvalue weighted by Gasteiger charge is -2.11. The third-order valence-electron chi connectivity index (χ3n) is 2.35. The van der Waals surface area contributed by atoms with E-state index >= 15 is 0 Å². The van der Waals surface area contributed by atoms with Crippen molar-refractivity contribution < 1.29 is 8.78 Å². The van der Waals surface area contributed by atoms with Gasteiger partial charge in [0.15, 0.2) is 5.82 Å². The van der Waals surface area contributed by atoms with E-state index in [2.05, 4.69) is 20.7 Å². The van der Waals surface area contributed by atoms with Gasteiger partial charge in [-0.1, -0.05) is 11.6 Å². The van der Waals surface area contributed by atoms with E-state index in [0.29, 0.717) is 11.4 Å². The smallest absolute Gasteiger partial charge is 0.239 e. The molecule has 0 aliphatic heterocycles.